The van der Waals surface area contributed by atoms with E-state index in [1.165, 1.54) is 0 Å². The minimum Gasteiger partial charge on any atom is -0.394 e. The van der Waals surface area contributed by atoms with Crippen LogP contribution >= 0.6 is 15.6 Å². The highest BCUT2D eigenvalue weighted by molar-refractivity contribution is 7.47. The molecule has 39 heavy (non-hydrogen) atoms. The van der Waals surface area contributed by atoms with Gasteiger partial charge in [0.15, 0.2) is 6.23 Å². The molecule has 22 heteroatoms. The van der Waals surface area contributed by atoms with Gasteiger partial charge in [-0.15, -0.1) is 0 Å². The van der Waals surface area contributed by atoms with E-state index in [2.05, 4.69) is 4.52 Å². The van der Waals surface area contributed by atoms with Crippen molar-refractivity contribution in [2.24, 2.45) is 0 Å². The van der Waals surface area contributed by atoms with Crippen LogP contribution in [0.4, 0.5) is 0 Å². The number of aromatic nitrogens is 2. The van der Waals surface area contributed by atoms with Crippen LogP contribution in [-0.2, 0) is 37.0 Å². The topological polar surface area (TPSA) is 314 Å². The Labute approximate surface area is 217 Å². The molecule has 0 saturated carbocycles. The van der Waals surface area contributed by atoms with Crippen molar-refractivity contribution in [3.05, 3.63) is 33.1 Å². The van der Waals surface area contributed by atoms with Crippen molar-refractivity contribution in [1.29, 1.82) is 0 Å². The van der Waals surface area contributed by atoms with E-state index < -0.39 is 94.9 Å². The summed E-state index contributed by atoms with van der Waals surface area (Å²) in [6.45, 7) is -1.39. The normalized spacial score (nSPS) is 26.3. The van der Waals surface area contributed by atoms with Gasteiger partial charge in [0.2, 0.25) is 5.91 Å². The van der Waals surface area contributed by atoms with Crippen LogP contribution in [0, 0.1) is 0 Å². The van der Waals surface area contributed by atoms with Crippen molar-refractivity contribution in [3.8, 4) is 0 Å². The number of hydrogen-bond acceptors (Lipinski definition) is 14. The van der Waals surface area contributed by atoms with Gasteiger partial charge in [-0.25, -0.2) is 13.9 Å². The summed E-state index contributed by atoms with van der Waals surface area (Å²) in [5.41, 5.74) is -1.78. The molecular weight excluding hydrogens is 580 g/mol. The zero-order valence-electron chi connectivity index (χ0n) is 19.8. The predicted octanol–water partition coefficient (Wildman–Crippen LogP) is -4.81. The van der Waals surface area contributed by atoms with Gasteiger partial charge in [0.1, 0.15) is 49.0 Å². The molecule has 0 radical (unpaired) electrons. The van der Waals surface area contributed by atoms with Gasteiger partial charge in [-0.2, -0.15) is 0 Å². The fourth-order valence-corrected chi connectivity index (χ4v) is 4.98. The minimum atomic E-state index is -5.52. The molecule has 2 rings (SSSR count). The highest BCUT2D eigenvalue weighted by atomic mass is 31.2. The minimum absolute atomic E-state index is 0.0889. The monoisotopic (exact) mass is 607 g/mol. The van der Waals surface area contributed by atoms with E-state index in [4.69, 9.17) is 13.8 Å². The smallest absolute Gasteiger partial charge is 0.394 e. The lowest BCUT2D eigenvalue weighted by Crippen LogP contribution is -2.54. The summed E-state index contributed by atoms with van der Waals surface area (Å²) in [5.74, 6) is -0.922. The Kier molecular flexibility index (Phi) is 11.4. The molecular formula is C17H27N3O17P2. The zero-order valence-corrected chi connectivity index (χ0v) is 21.6. The van der Waals surface area contributed by atoms with E-state index in [-0.39, 0.29) is 6.29 Å². The van der Waals surface area contributed by atoms with Crippen LogP contribution < -0.4 is 16.6 Å². The van der Waals surface area contributed by atoms with Crippen LogP contribution in [0.2, 0.25) is 0 Å². The predicted molar refractivity (Wildman–Crippen MR) is 122 cm³/mol. The van der Waals surface area contributed by atoms with Gasteiger partial charge in [-0.05, 0) is 0 Å². The number of aliphatic hydroxyl groups excluding tert-OH is 4. The summed E-state index contributed by atoms with van der Waals surface area (Å²) in [7, 11) is -11.0. The number of carbonyl (C=O) groups excluding carboxylic acids is 2. The van der Waals surface area contributed by atoms with Crippen molar-refractivity contribution >= 4 is 27.8 Å². The maximum atomic E-state index is 12.6. The van der Waals surface area contributed by atoms with Gasteiger partial charge < -0.3 is 50.0 Å². The van der Waals surface area contributed by atoms with E-state index in [1.54, 1.807) is 0 Å². The number of hydrogen-bond donors (Lipinski definition) is 9. The number of aromatic amines is 1. The molecule has 222 valence electrons. The summed E-state index contributed by atoms with van der Waals surface area (Å²) >= 11 is 0. The molecule has 1 saturated heterocycles. The number of phosphoric acid groups is 2. The fourth-order valence-electron chi connectivity index (χ4n) is 3.45. The highest BCUT2D eigenvalue weighted by Crippen LogP contribution is 2.48. The second-order valence-electron chi connectivity index (χ2n) is 8.07. The summed E-state index contributed by atoms with van der Waals surface area (Å²) < 4.78 is 43.9. The van der Waals surface area contributed by atoms with E-state index in [1.807, 2.05) is 10.3 Å². The molecule has 0 bridgehead atoms. The number of rotatable bonds is 14. The van der Waals surface area contributed by atoms with Gasteiger partial charge in [0.05, 0.1) is 13.2 Å². The van der Waals surface area contributed by atoms with Crippen molar-refractivity contribution in [2.45, 2.75) is 55.8 Å². The number of phosphoric ester groups is 2. The Morgan fingerprint density at radius 3 is 2.36 bits per heavy atom. The Morgan fingerprint density at radius 2 is 1.85 bits per heavy atom. The molecule has 1 aliphatic heterocycles. The Balaban J connectivity index is 2.24. The van der Waals surface area contributed by atoms with Gasteiger partial charge in [0, 0.05) is 19.2 Å². The molecule has 20 nitrogen and oxygen atoms in total. The number of H-pyrrole nitrogens is 1. The molecule has 9 N–H and O–H groups in total. The number of aliphatic hydroxyl groups is 4. The lowest BCUT2D eigenvalue weighted by Gasteiger charge is -2.33. The molecule has 2 heterocycles. The van der Waals surface area contributed by atoms with Crippen molar-refractivity contribution in [3.63, 3.8) is 0 Å². The Morgan fingerprint density at radius 1 is 1.21 bits per heavy atom. The average Bonchev–Trinajstić information content (AvgIpc) is 3.11. The second-order valence-corrected chi connectivity index (χ2v) is 10.7. The van der Waals surface area contributed by atoms with Crippen LogP contribution in [0.25, 0.3) is 0 Å². The molecule has 1 aromatic rings. The summed E-state index contributed by atoms with van der Waals surface area (Å²) in [5, 5.41) is 41.8. The molecule has 0 aromatic carbocycles. The number of aldehydes is 1. The molecule has 0 aliphatic carbocycles. The Bertz CT molecular complexity index is 1220. The first-order valence-corrected chi connectivity index (χ1v) is 13.8. The molecule has 0 spiro atoms. The molecule has 1 unspecified atom stereocenters. The number of carbonyl (C=O) groups is 2. The average molecular weight is 607 g/mol. The molecule has 1 aromatic heterocycles. The summed E-state index contributed by atoms with van der Waals surface area (Å²) in [6, 6.07) is -1.06. The van der Waals surface area contributed by atoms with Gasteiger partial charge in [-0.3, -0.25) is 32.7 Å². The van der Waals surface area contributed by atoms with Crippen LogP contribution in [-0.4, -0.2) is 113 Å². The third-order valence-corrected chi connectivity index (χ3v) is 6.64. The van der Waals surface area contributed by atoms with Crippen molar-refractivity contribution < 1.29 is 72.1 Å². The third kappa shape index (κ3) is 9.19. The SMILES string of the molecule is CC(=O)N[C@@H](C=O)[C@@H](OP(=O)(O)O)[C@H](OP(=O)(O)OC[C@H]1O[C@@H](n2ccc(=O)[nH]c2=O)[C@H](O)[C@@H]1O)[C@H](O)CO. The Hall–Kier alpha value is -2.16. The first-order chi connectivity index (χ1) is 18.0. The van der Waals surface area contributed by atoms with E-state index in [0.29, 0.717) is 4.57 Å². The third-order valence-electron chi connectivity index (χ3n) is 5.14. The van der Waals surface area contributed by atoms with E-state index >= 15 is 0 Å². The zero-order chi connectivity index (χ0) is 29.7. The number of ether oxygens (including phenoxy) is 1. The second kappa shape index (κ2) is 13.5. The lowest BCUT2D eigenvalue weighted by atomic mass is 10.0. The molecule has 1 aliphatic rings. The maximum Gasteiger partial charge on any atom is 0.472 e. The number of nitrogens with zero attached hydrogens (tertiary/aromatic N) is 1. The van der Waals surface area contributed by atoms with Gasteiger partial charge in [-0.1, -0.05) is 0 Å². The number of nitrogens with one attached hydrogen (secondary N) is 2. The summed E-state index contributed by atoms with van der Waals surface area (Å²) in [4.78, 5) is 76.6. The van der Waals surface area contributed by atoms with Crippen molar-refractivity contribution in [2.75, 3.05) is 13.2 Å². The lowest BCUT2D eigenvalue weighted by molar-refractivity contribution is -0.128. The van der Waals surface area contributed by atoms with Crippen LogP contribution in [0.5, 0.6) is 0 Å². The standard InChI is InChI=1S/C17H27N3O17P2/c1-7(23)18-8(4-21)14(36-38(29,30)31)15(9(24)5-22)37-39(32,33)34-6-10-12(26)13(27)16(35-10)20-3-2-11(25)19-17(20)28/h2-4,8-10,12-16,22,24,26-27H,5-6H2,1H3,(H,18,23)(H,32,33)(H,19,25,28)(H2,29,30,31)/t8-,9+,10+,12+,13+,14+,15+,16+/m0/s1. The quantitative estimate of drug-likeness (QED) is 0.0707. The van der Waals surface area contributed by atoms with Crippen LogP contribution in [0.1, 0.15) is 13.2 Å². The first-order valence-electron chi connectivity index (χ1n) is 10.7. The highest BCUT2D eigenvalue weighted by Gasteiger charge is 2.47. The first kappa shape index (κ1) is 33.0. The van der Waals surface area contributed by atoms with Crippen LogP contribution in [0.3, 0.4) is 0 Å². The maximum absolute atomic E-state index is 12.6. The molecule has 1 amide bonds. The van der Waals surface area contributed by atoms with Crippen LogP contribution in [0.15, 0.2) is 21.9 Å². The fraction of sp³-hybridized carbons (Fsp3) is 0.647. The van der Waals surface area contributed by atoms with Gasteiger partial charge in [0.25, 0.3) is 5.56 Å². The largest absolute Gasteiger partial charge is 0.472 e. The molecule has 9 atom stereocenters. The number of amides is 1. The molecule has 1 fully saturated rings. The summed E-state index contributed by atoms with van der Waals surface area (Å²) in [6.07, 6.45) is -12.9. The van der Waals surface area contributed by atoms with E-state index in [0.717, 1.165) is 19.2 Å². The van der Waals surface area contributed by atoms with Crippen molar-refractivity contribution in [1.82, 2.24) is 14.9 Å². The van der Waals surface area contributed by atoms with E-state index in [9.17, 15) is 63.4 Å². The van der Waals surface area contributed by atoms with Gasteiger partial charge >= 0.3 is 21.3 Å².